The van der Waals surface area contributed by atoms with Crippen LogP contribution in [0.1, 0.15) is 5.56 Å². The number of pyridine rings is 1. The molecule has 2 aromatic rings. The molecule has 3 heteroatoms. The number of rotatable bonds is 3. The molecule has 0 unspecified atom stereocenters. The van der Waals surface area contributed by atoms with Crippen LogP contribution in [0.2, 0.25) is 0 Å². The van der Waals surface area contributed by atoms with E-state index in [2.05, 4.69) is 22.4 Å². The number of nitrogens with zero attached hydrogens (tertiary/aromatic N) is 1. The molecule has 78 valence electrons. The summed E-state index contributed by atoms with van der Waals surface area (Å²) in [5.74, 6) is 0.871. The summed E-state index contributed by atoms with van der Waals surface area (Å²) < 4.78 is 5.27. The molecule has 1 aromatic heterocycles. The molecule has 0 fully saturated rings. The van der Waals surface area contributed by atoms with Gasteiger partial charge in [-0.15, -0.1) is 0 Å². The molecule has 0 aliphatic rings. The fraction of sp³-hybridized carbons (Fsp3) is 0.250. The molecule has 0 atom stereocenters. The highest BCUT2D eigenvalue weighted by Crippen LogP contribution is 2.23. The molecule has 1 aromatic carbocycles. The third kappa shape index (κ3) is 1.92. The van der Waals surface area contributed by atoms with Crippen molar-refractivity contribution in [1.82, 2.24) is 10.3 Å². The number of ether oxygens (including phenoxy) is 1. The van der Waals surface area contributed by atoms with Crippen molar-refractivity contribution in [3.05, 3.63) is 36.0 Å². The van der Waals surface area contributed by atoms with Crippen LogP contribution in [0, 0.1) is 0 Å². The van der Waals surface area contributed by atoms with Gasteiger partial charge in [-0.1, -0.05) is 6.07 Å². The molecular weight excluding hydrogens is 188 g/mol. The Morgan fingerprint density at radius 1 is 1.33 bits per heavy atom. The first-order valence-corrected chi connectivity index (χ1v) is 4.91. The number of nitrogens with one attached hydrogen (secondary N) is 1. The third-order valence-corrected chi connectivity index (χ3v) is 2.37. The van der Waals surface area contributed by atoms with Crippen molar-refractivity contribution < 1.29 is 4.74 Å². The molecule has 1 heterocycles. The van der Waals surface area contributed by atoms with Gasteiger partial charge < -0.3 is 10.1 Å². The Morgan fingerprint density at radius 2 is 2.20 bits per heavy atom. The van der Waals surface area contributed by atoms with E-state index in [9.17, 15) is 0 Å². The maximum absolute atomic E-state index is 5.27. The monoisotopic (exact) mass is 202 g/mol. The van der Waals surface area contributed by atoms with Crippen molar-refractivity contribution in [2.24, 2.45) is 0 Å². The first-order valence-electron chi connectivity index (χ1n) is 4.91. The van der Waals surface area contributed by atoms with Crippen LogP contribution in [0.5, 0.6) is 5.75 Å². The van der Waals surface area contributed by atoms with Crippen LogP contribution in [0.4, 0.5) is 0 Å². The van der Waals surface area contributed by atoms with Gasteiger partial charge in [-0.2, -0.15) is 0 Å². The van der Waals surface area contributed by atoms with Gasteiger partial charge in [0.2, 0.25) is 0 Å². The molecule has 0 aliphatic heterocycles. The van der Waals surface area contributed by atoms with Gasteiger partial charge in [0.05, 0.1) is 12.6 Å². The Morgan fingerprint density at radius 3 is 2.93 bits per heavy atom. The quantitative estimate of drug-likeness (QED) is 0.826. The Kier molecular flexibility index (Phi) is 2.83. The molecule has 0 spiro atoms. The van der Waals surface area contributed by atoms with Crippen molar-refractivity contribution in [3.8, 4) is 5.75 Å². The lowest BCUT2D eigenvalue weighted by Gasteiger charge is -2.06. The van der Waals surface area contributed by atoms with Crippen molar-refractivity contribution in [2.45, 2.75) is 6.54 Å². The van der Waals surface area contributed by atoms with Crippen LogP contribution in [0.3, 0.4) is 0 Å². The number of fused-ring (bicyclic) bond motifs is 1. The van der Waals surface area contributed by atoms with E-state index < -0.39 is 0 Å². The van der Waals surface area contributed by atoms with E-state index >= 15 is 0 Å². The van der Waals surface area contributed by atoms with Crippen LogP contribution in [0.25, 0.3) is 10.9 Å². The van der Waals surface area contributed by atoms with Gasteiger partial charge in [0.15, 0.2) is 0 Å². The second-order valence-electron chi connectivity index (χ2n) is 3.40. The third-order valence-electron chi connectivity index (χ3n) is 2.37. The van der Waals surface area contributed by atoms with Crippen LogP contribution in [0.15, 0.2) is 30.5 Å². The lowest BCUT2D eigenvalue weighted by Crippen LogP contribution is -2.04. The molecule has 15 heavy (non-hydrogen) atoms. The summed E-state index contributed by atoms with van der Waals surface area (Å²) in [6.45, 7) is 0.856. The van der Waals surface area contributed by atoms with E-state index in [0.29, 0.717) is 0 Å². The summed E-state index contributed by atoms with van der Waals surface area (Å²) in [5, 5.41) is 4.17. The molecular formula is C12H14N2O. The Labute approximate surface area is 89.1 Å². The highest BCUT2D eigenvalue weighted by atomic mass is 16.5. The van der Waals surface area contributed by atoms with Crippen LogP contribution >= 0.6 is 0 Å². The van der Waals surface area contributed by atoms with Crippen molar-refractivity contribution in [1.29, 1.82) is 0 Å². The van der Waals surface area contributed by atoms with E-state index in [1.807, 2.05) is 19.2 Å². The van der Waals surface area contributed by atoms with Gasteiger partial charge in [0.1, 0.15) is 5.75 Å². The second kappa shape index (κ2) is 4.28. The first-order chi connectivity index (χ1) is 7.35. The van der Waals surface area contributed by atoms with Crippen molar-refractivity contribution in [2.75, 3.05) is 14.2 Å². The first kappa shape index (κ1) is 9.93. The largest absolute Gasteiger partial charge is 0.496 e. The SMILES string of the molecule is CNCc1ccc2c(OC)ccnc2c1. The Hall–Kier alpha value is -1.61. The summed E-state index contributed by atoms with van der Waals surface area (Å²) in [4.78, 5) is 4.32. The summed E-state index contributed by atoms with van der Waals surface area (Å²) in [5.41, 5.74) is 2.20. The molecule has 0 amide bonds. The van der Waals surface area contributed by atoms with Gasteiger partial charge in [-0.25, -0.2) is 0 Å². The normalized spacial score (nSPS) is 10.5. The fourth-order valence-corrected chi connectivity index (χ4v) is 1.66. The molecule has 3 nitrogen and oxygen atoms in total. The molecule has 0 radical (unpaired) electrons. The lowest BCUT2D eigenvalue weighted by molar-refractivity contribution is 0.419. The van der Waals surface area contributed by atoms with E-state index in [4.69, 9.17) is 4.74 Å². The average Bonchev–Trinajstić information content (AvgIpc) is 2.28. The minimum absolute atomic E-state index is 0.856. The maximum atomic E-state index is 5.27. The zero-order valence-electron chi connectivity index (χ0n) is 8.95. The van der Waals surface area contributed by atoms with E-state index in [1.165, 1.54) is 5.56 Å². The van der Waals surface area contributed by atoms with Gasteiger partial charge in [0.25, 0.3) is 0 Å². The highest BCUT2D eigenvalue weighted by molar-refractivity contribution is 5.85. The van der Waals surface area contributed by atoms with Gasteiger partial charge in [0, 0.05) is 18.1 Å². The average molecular weight is 202 g/mol. The van der Waals surface area contributed by atoms with E-state index in [0.717, 1.165) is 23.2 Å². The van der Waals surface area contributed by atoms with E-state index in [-0.39, 0.29) is 0 Å². The summed E-state index contributed by atoms with van der Waals surface area (Å²) in [6, 6.07) is 8.09. The van der Waals surface area contributed by atoms with Crippen LogP contribution in [-0.2, 0) is 6.54 Å². The Bertz CT molecular complexity index is 468. The number of aromatic nitrogens is 1. The molecule has 2 rings (SSSR count). The molecule has 1 N–H and O–H groups in total. The van der Waals surface area contributed by atoms with Crippen LogP contribution < -0.4 is 10.1 Å². The zero-order chi connectivity index (χ0) is 10.7. The number of benzene rings is 1. The van der Waals surface area contributed by atoms with Gasteiger partial charge in [-0.05, 0) is 30.8 Å². The van der Waals surface area contributed by atoms with Crippen LogP contribution in [-0.4, -0.2) is 19.1 Å². The summed E-state index contributed by atoms with van der Waals surface area (Å²) in [6.07, 6.45) is 1.77. The molecule has 0 saturated heterocycles. The minimum Gasteiger partial charge on any atom is -0.496 e. The highest BCUT2D eigenvalue weighted by Gasteiger charge is 2.02. The number of methoxy groups -OCH3 is 1. The smallest absolute Gasteiger partial charge is 0.129 e. The van der Waals surface area contributed by atoms with E-state index in [1.54, 1.807) is 13.3 Å². The van der Waals surface area contributed by atoms with Crippen molar-refractivity contribution in [3.63, 3.8) is 0 Å². The fourth-order valence-electron chi connectivity index (χ4n) is 1.66. The topological polar surface area (TPSA) is 34.1 Å². The van der Waals surface area contributed by atoms with Crippen molar-refractivity contribution >= 4 is 10.9 Å². The number of hydrogen-bond donors (Lipinski definition) is 1. The molecule has 0 aliphatic carbocycles. The van der Waals surface area contributed by atoms with Gasteiger partial charge in [-0.3, -0.25) is 4.98 Å². The number of hydrogen-bond acceptors (Lipinski definition) is 3. The predicted molar refractivity (Wildman–Crippen MR) is 61.1 cm³/mol. The lowest BCUT2D eigenvalue weighted by atomic mass is 10.1. The standard InChI is InChI=1S/C12H14N2O/c1-13-8-9-3-4-10-11(7-9)14-6-5-12(10)15-2/h3-7,13H,8H2,1-2H3. The zero-order valence-corrected chi connectivity index (χ0v) is 8.95. The maximum Gasteiger partial charge on any atom is 0.129 e. The molecule has 0 saturated carbocycles. The van der Waals surface area contributed by atoms with Gasteiger partial charge >= 0.3 is 0 Å². The predicted octanol–water partition coefficient (Wildman–Crippen LogP) is 1.96. The summed E-state index contributed by atoms with van der Waals surface area (Å²) in [7, 11) is 3.61. The second-order valence-corrected chi connectivity index (χ2v) is 3.40. The Balaban J connectivity index is 2.53. The minimum atomic E-state index is 0.856. The molecule has 0 bridgehead atoms. The summed E-state index contributed by atoms with van der Waals surface area (Å²) >= 11 is 0.